The molecule has 2 aliphatic heterocycles. The molecule has 1 amide bonds. The van der Waals surface area contributed by atoms with Crippen molar-refractivity contribution in [2.24, 2.45) is 5.73 Å². The largest absolute Gasteiger partial charge is 0.376 e. The fourth-order valence-electron chi connectivity index (χ4n) is 4.22. The van der Waals surface area contributed by atoms with Crippen LogP contribution < -0.4 is 5.73 Å². The summed E-state index contributed by atoms with van der Waals surface area (Å²) in [5.74, 6) is -2.68. The second-order valence-electron chi connectivity index (χ2n) is 8.46. The van der Waals surface area contributed by atoms with Gasteiger partial charge >= 0.3 is 0 Å². The minimum atomic E-state index is -3.81. The van der Waals surface area contributed by atoms with Gasteiger partial charge in [-0.05, 0) is 37.5 Å². The van der Waals surface area contributed by atoms with Crippen LogP contribution in [0.5, 0.6) is 0 Å². The Morgan fingerprint density at radius 2 is 1.88 bits per heavy atom. The minimum Gasteiger partial charge on any atom is -0.376 e. The highest BCUT2D eigenvalue weighted by Gasteiger charge is 2.41. The smallest absolute Gasteiger partial charge is 0.251 e. The molecular weight excluding hydrogens is 454 g/mol. The van der Waals surface area contributed by atoms with Crippen LogP contribution in [0.25, 0.3) is 0 Å². The molecule has 0 unspecified atom stereocenters. The van der Waals surface area contributed by atoms with Gasteiger partial charge in [0, 0.05) is 23.7 Å². The number of hydrogen-bond acceptors (Lipinski definition) is 5. The predicted octanol–water partition coefficient (Wildman–Crippen LogP) is 2.96. The second-order valence-corrected chi connectivity index (χ2v) is 10.5. The number of nitrogens with zero attached hydrogens (tertiary/aromatic N) is 1. The third-order valence-corrected chi connectivity index (χ3v) is 8.53. The van der Waals surface area contributed by atoms with E-state index in [1.807, 2.05) is 0 Å². The lowest BCUT2D eigenvalue weighted by Crippen LogP contribution is -2.45. The van der Waals surface area contributed by atoms with Crippen LogP contribution in [0.2, 0.25) is 0 Å². The van der Waals surface area contributed by atoms with Gasteiger partial charge < -0.3 is 15.2 Å². The molecule has 2 aromatic rings. The zero-order valence-corrected chi connectivity index (χ0v) is 18.9. The molecular formula is C23H26F2N2O5S. The van der Waals surface area contributed by atoms with Gasteiger partial charge in [0.05, 0.1) is 13.2 Å². The summed E-state index contributed by atoms with van der Waals surface area (Å²) in [7, 11) is -3.81. The first-order valence-electron chi connectivity index (χ1n) is 10.7. The van der Waals surface area contributed by atoms with Gasteiger partial charge in [-0.2, -0.15) is 4.31 Å². The molecule has 178 valence electrons. The molecule has 4 rings (SSSR count). The molecule has 10 heteroatoms. The molecule has 0 radical (unpaired) electrons. The fraction of sp³-hybridized carbons (Fsp3) is 0.435. The van der Waals surface area contributed by atoms with Gasteiger partial charge in [0.2, 0.25) is 10.0 Å². The maximum absolute atomic E-state index is 15.0. The van der Waals surface area contributed by atoms with Crippen molar-refractivity contribution in [3.63, 3.8) is 0 Å². The Kier molecular flexibility index (Phi) is 6.81. The van der Waals surface area contributed by atoms with Gasteiger partial charge in [-0.25, -0.2) is 17.2 Å². The van der Waals surface area contributed by atoms with Crippen molar-refractivity contribution in [2.75, 3.05) is 13.2 Å². The molecule has 2 N–H and O–H groups in total. The summed E-state index contributed by atoms with van der Waals surface area (Å²) in [4.78, 5) is 11.8. The average molecular weight is 481 g/mol. The van der Waals surface area contributed by atoms with E-state index in [2.05, 4.69) is 0 Å². The standard InChI is InChI=1S/C23H26F2N2O5S/c1-14-7-8-21(15-5-3-2-4-6-15)33(29,30)27(14)11-16-9-20(25)18(10-19(16)24)22(23(26)28)32-17-12-31-13-17/h2-6,9-10,14,17,21-22H,7-8,11-13H2,1H3,(H2,26,28)/t14-,21+,22-/m0/s1. The Hall–Kier alpha value is -2.40. The predicted molar refractivity (Wildman–Crippen MR) is 116 cm³/mol. The summed E-state index contributed by atoms with van der Waals surface area (Å²) in [6.07, 6.45) is -0.869. The Bertz CT molecular complexity index is 1130. The average Bonchev–Trinajstić information content (AvgIpc) is 2.73. The highest BCUT2D eigenvalue weighted by Crippen LogP contribution is 2.38. The van der Waals surface area contributed by atoms with Crippen LogP contribution in [-0.2, 0) is 30.8 Å². The van der Waals surface area contributed by atoms with E-state index in [0.29, 0.717) is 18.4 Å². The number of nitrogens with two attached hydrogens (primary N) is 1. The van der Waals surface area contributed by atoms with Crippen molar-refractivity contribution < 1.29 is 31.5 Å². The summed E-state index contributed by atoms with van der Waals surface area (Å²) < 4.78 is 68.4. The van der Waals surface area contributed by atoms with Gasteiger partial charge in [0.1, 0.15) is 23.0 Å². The number of hydrogen-bond donors (Lipinski definition) is 1. The van der Waals surface area contributed by atoms with Crippen molar-refractivity contribution in [3.8, 4) is 0 Å². The number of carbonyl (C=O) groups excluding carboxylic acids is 1. The van der Waals surface area contributed by atoms with Crippen LogP contribution in [0.3, 0.4) is 0 Å². The van der Waals surface area contributed by atoms with Crippen molar-refractivity contribution in [1.29, 1.82) is 0 Å². The molecule has 0 bridgehead atoms. The molecule has 7 nitrogen and oxygen atoms in total. The molecule has 0 spiro atoms. The van der Waals surface area contributed by atoms with Crippen molar-refractivity contribution in [2.45, 2.75) is 49.8 Å². The Morgan fingerprint density at radius 3 is 2.48 bits per heavy atom. The third-order valence-electron chi connectivity index (χ3n) is 6.16. The molecule has 2 saturated heterocycles. The summed E-state index contributed by atoms with van der Waals surface area (Å²) in [6, 6.07) is 10.2. The van der Waals surface area contributed by atoms with Crippen LogP contribution in [0.15, 0.2) is 42.5 Å². The summed E-state index contributed by atoms with van der Waals surface area (Å²) in [6.45, 7) is 1.89. The SMILES string of the molecule is C[C@H]1CC[C@H](c2ccccc2)S(=O)(=O)N1Cc1cc(F)c([C@H](OC2COC2)C(N)=O)cc1F. The first-order chi connectivity index (χ1) is 15.7. The van der Waals surface area contributed by atoms with E-state index < -0.39 is 45.0 Å². The fourth-order valence-corrected chi connectivity index (χ4v) is 6.41. The number of ether oxygens (including phenoxy) is 2. The monoisotopic (exact) mass is 480 g/mol. The Labute approximate surface area is 191 Å². The zero-order valence-electron chi connectivity index (χ0n) is 18.1. The molecule has 0 saturated carbocycles. The van der Waals surface area contributed by atoms with E-state index in [9.17, 15) is 17.6 Å². The third kappa shape index (κ3) is 4.79. The number of primary amides is 1. The van der Waals surface area contributed by atoms with Crippen LogP contribution in [0.1, 0.15) is 47.8 Å². The Morgan fingerprint density at radius 1 is 1.18 bits per heavy atom. The van der Waals surface area contributed by atoms with E-state index in [4.69, 9.17) is 15.2 Å². The molecule has 0 aliphatic carbocycles. The molecule has 33 heavy (non-hydrogen) atoms. The van der Waals surface area contributed by atoms with Crippen molar-refractivity contribution >= 4 is 15.9 Å². The van der Waals surface area contributed by atoms with Crippen LogP contribution in [0, 0.1) is 11.6 Å². The second kappa shape index (κ2) is 9.46. The molecule has 2 heterocycles. The van der Waals surface area contributed by atoms with E-state index >= 15 is 4.39 Å². The molecule has 3 atom stereocenters. The zero-order chi connectivity index (χ0) is 23.8. The summed E-state index contributed by atoms with van der Waals surface area (Å²) in [5, 5.41) is -0.751. The lowest BCUT2D eigenvalue weighted by Gasteiger charge is -2.37. The number of halogens is 2. The van der Waals surface area contributed by atoms with Gasteiger partial charge in [-0.1, -0.05) is 30.3 Å². The molecule has 0 aromatic heterocycles. The van der Waals surface area contributed by atoms with E-state index in [-0.39, 0.29) is 36.9 Å². The van der Waals surface area contributed by atoms with Crippen LogP contribution >= 0.6 is 0 Å². The number of sulfonamides is 1. The topological polar surface area (TPSA) is 98.9 Å². The number of benzene rings is 2. The lowest BCUT2D eigenvalue weighted by atomic mass is 10.0. The minimum absolute atomic E-state index is 0.129. The lowest BCUT2D eigenvalue weighted by molar-refractivity contribution is -0.167. The van der Waals surface area contributed by atoms with Gasteiger partial charge in [0.15, 0.2) is 6.10 Å². The van der Waals surface area contributed by atoms with Crippen LogP contribution in [0.4, 0.5) is 8.78 Å². The normalized spacial score (nSPS) is 24.2. The first kappa shape index (κ1) is 23.7. The van der Waals surface area contributed by atoms with Crippen molar-refractivity contribution in [1.82, 2.24) is 4.31 Å². The number of amides is 1. The first-order valence-corrected chi connectivity index (χ1v) is 12.2. The Balaban J connectivity index is 1.61. The van der Waals surface area contributed by atoms with Crippen LogP contribution in [-0.4, -0.2) is 44.0 Å². The van der Waals surface area contributed by atoms with Gasteiger partial charge in [0.25, 0.3) is 5.91 Å². The van der Waals surface area contributed by atoms with Crippen molar-refractivity contribution in [3.05, 3.63) is 70.8 Å². The number of carbonyl (C=O) groups is 1. The highest BCUT2D eigenvalue weighted by atomic mass is 32.2. The molecule has 2 aliphatic rings. The molecule has 2 aromatic carbocycles. The molecule has 2 fully saturated rings. The number of rotatable bonds is 7. The van der Waals surface area contributed by atoms with E-state index in [0.717, 1.165) is 12.1 Å². The quantitative estimate of drug-likeness (QED) is 0.657. The van der Waals surface area contributed by atoms with Gasteiger partial charge in [-0.15, -0.1) is 0 Å². The van der Waals surface area contributed by atoms with Gasteiger partial charge in [-0.3, -0.25) is 4.79 Å². The highest BCUT2D eigenvalue weighted by molar-refractivity contribution is 7.89. The maximum Gasteiger partial charge on any atom is 0.251 e. The summed E-state index contributed by atoms with van der Waals surface area (Å²) >= 11 is 0. The van der Waals surface area contributed by atoms with E-state index in [1.54, 1.807) is 37.3 Å². The maximum atomic E-state index is 15.0. The summed E-state index contributed by atoms with van der Waals surface area (Å²) in [5.41, 5.74) is 5.55. The van der Waals surface area contributed by atoms with E-state index in [1.165, 1.54) is 4.31 Å².